The molecule has 0 saturated heterocycles. The number of nitrogens with one attached hydrogen (secondary N) is 1. The first-order chi connectivity index (χ1) is 9.97. The summed E-state index contributed by atoms with van der Waals surface area (Å²) in [6, 6.07) is 15.9. The van der Waals surface area contributed by atoms with Crippen molar-refractivity contribution >= 4 is 11.7 Å². The Morgan fingerprint density at radius 3 is 2.57 bits per heavy atom. The first kappa shape index (κ1) is 13.7. The summed E-state index contributed by atoms with van der Waals surface area (Å²) in [4.78, 5) is 11.1. The lowest BCUT2D eigenvalue weighted by atomic mass is 9.73. The SMILES string of the molecule is CC1(C)Cc2cc(C(=O)O)ccc2N[C@H]1c1ccccc1. The predicted octanol–water partition coefficient (Wildman–Crippen LogP) is 4.12. The number of benzene rings is 2. The summed E-state index contributed by atoms with van der Waals surface area (Å²) in [5.41, 5.74) is 3.74. The van der Waals surface area contributed by atoms with Crippen LogP contribution in [-0.2, 0) is 6.42 Å². The Labute approximate surface area is 124 Å². The van der Waals surface area contributed by atoms with Crippen molar-refractivity contribution in [2.75, 3.05) is 5.32 Å². The molecule has 0 amide bonds. The van der Waals surface area contributed by atoms with Crippen LogP contribution in [0.3, 0.4) is 0 Å². The van der Waals surface area contributed by atoms with Crippen molar-refractivity contribution in [3.63, 3.8) is 0 Å². The van der Waals surface area contributed by atoms with E-state index in [4.69, 9.17) is 5.11 Å². The number of hydrogen-bond donors (Lipinski definition) is 2. The van der Waals surface area contributed by atoms with E-state index in [-0.39, 0.29) is 11.5 Å². The zero-order valence-electron chi connectivity index (χ0n) is 12.3. The highest BCUT2D eigenvalue weighted by molar-refractivity contribution is 5.88. The summed E-state index contributed by atoms with van der Waals surface area (Å²) in [5.74, 6) is -0.874. The van der Waals surface area contributed by atoms with Crippen LogP contribution in [0.5, 0.6) is 0 Å². The second-order valence-electron chi connectivity index (χ2n) is 6.33. The molecule has 108 valence electrons. The van der Waals surface area contributed by atoms with Crippen LogP contribution in [0.15, 0.2) is 48.5 Å². The summed E-state index contributed by atoms with van der Waals surface area (Å²) in [7, 11) is 0. The molecule has 3 nitrogen and oxygen atoms in total. The van der Waals surface area contributed by atoms with E-state index in [1.165, 1.54) is 5.56 Å². The fraction of sp³-hybridized carbons (Fsp3) is 0.278. The van der Waals surface area contributed by atoms with Crippen molar-refractivity contribution in [3.8, 4) is 0 Å². The average Bonchev–Trinajstić information content (AvgIpc) is 2.45. The first-order valence-corrected chi connectivity index (χ1v) is 7.15. The van der Waals surface area contributed by atoms with Gasteiger partial charge in [-0.3, -0.25) is 0 Å². The molecule has 0 aliphatic carbocycles. The van der Waals surface area contributed by atoms with Crippen molar-refractivity contribution in [2.45, 2.75) is 26.3 Å². The van der Waals surface area contributed by atoms with E-state index in [2.05, 4.69) is 43.4 Å². The van der Waals surface area contributed by atoms with Crippen molar-refractivity contribution in [2.24, 2.45) is 5.41 Å². The van der Waals surface area contributed by atoms with Gasteiger partial charge in [-0.1, -0.05) is 44.2 Å². The Hall–Kier alpha value is -2.29. The summed E-state index contributed by atoms with van der Waals surface area (Å²) >= 11 is 0. The van der Waals surface area contributed by atoms with Gasteiger partial charge in [0.15, 0.2) is 0 Å². The number of fused-ring (bicyclic) bond motifs is 1. The fourth-order valence-electron chi connectivity index (χ4n) is 3.14. The van der Waals surface area contributed by atoms with Gasteiger partial charge in [0, 0.05) is 5.69 Å². The predicted molar refractivity (Wildman–Crippen MR) is 83.7 cm³/mol. The molecule has 3 heteroatoms. The lowest BCUT2D eigenvalue weighted by molar-refractivity contribution is 0.0696. The molecule has 2 aromatic carbocycles. The Kier molecular flexibility index (Phi) is 3.20. The minimum absolute atomic E-state index is 0.0193. The number of carboxylic acids is 1. The number of aromatic carboxylic acids is 1. The molecule has 0 aromatic heterocycles. The molecule has 21 heavy (non-hydrogen) atoms. The van der Waals surface area contributed by atoms with Gasteiger partial charge in [-0.15, -0.1) is 0 Å². The standard InChI is InChI=1S/C18H19NO2/c1-18(2)11-14-10-13(17(20)21)8-9-15(14)19-16(18)12-6-4-3-5-7-12/h3-10,16,19H,11H2,1-2H3,(H,20,21)/t16-/m0/s1. The molecule has 1 atom stereocenters. The summed E-state index contributed by atoms with van der Waals surface area (Å²) < 4.78 is 0. The van der Waals surface area contributed by atoms with Crippen LogP contribution >= 0.6 is 0 Å². The highest BCUT2D eigenvalue weighted by atomic mass is 16.4. The van der Waals surface area contributed by atoms with Crippen molar-refractivity contribution < 1.29 is 9.90 Å². The van der Waals surface area contributed by atoms with E-state index in [0.29, 0.717) is 5.56 Å². The fourth-order valence-corrected chi connectivity index (χ4v) is 3.14. The summed E-state index contributed by atoms with van der Waals surface area (Å²) in [5, 5.41) is 12.7. The quantitative estimate of drug-likeness (QED) is 0.870. The van der Waals surface area contributed by atoms with Gasteiger partial charge in [0.1, 0.15) is 0 Å². The Morgan fingerprint density at radius 2 is 1.90 bits per heavy atom. The van der Waals surface area contributed by atoms with E-state index >= 15 is 0 Å². The number of hydrogen-bond acceptors (Lipinski definition) is 2. The highest BCUT2D eigenvalue weighted by Gasteiger charge is 2.35. The molecule has 0 saturated carbocycles. The third kappa shape index (κ3) is 2.51. The van der Waals surface area contributed by atoms with Crippen molar-refractivity contribution in [1.29, 1.82) is 0 Å². The monoisotopic (exact) mass is 281 g/mol. The highest BCUT2D eigenvalue weighted by Crippen LogP contribution is 2.44. The molecular weight excluding hydrogens is 262 g/mol. The van der Waals surface area contributed by atoms with E-state index in [0.717, 1.165) is 17.7 Å². The number of anilines is 1. The number of carboxylic acid groups (broad SMARTS) is 1. The molecule has 1 aliphatic rings. The van der Waals surface area contributed by atoms with Gasteiger partial charge < -0.3 is 10.4 Å². The molecule has 2 N–H and O–H groups in total. The average molecular weight is 281 g/mol. The van der Waals surface area contributed by atoms with E-state index in [1.807, 2.05) is 12.1 Å². The van der Waals surface area contributed by atoms with Crippen LogP contribution in [0.1, 0.15) is 41.4 Å². The maximum absolute atomic E-state index is 11.1. The van der Waals surface area contributed by atoms with Gasteiger partial charge in [-0.05, 0) is 41.2 Å². The van der Waals surface area contributed by atoms with Crippen LogP contribution < -0.4 is 5.32 Å². The van der Waals surface area contributed by atoms with E-state index < -0.39 is 5.97 Å². The van der Waals surface area contributed by atoms with Gasteiger partial charge in [0.25, 0.3) is 0 Å². The van der Waals surface area contributed by atoms with Crippen LogP contribution in [0.25, 0.3) is 0 Å². The molecule has 0 bridgehead atoms. The molecule has 0 unspecified atom stereocenters. The summed E-state index contributed by atoms with van der Waals surface area (Å²) in [6.07, 6.45) is 0.857. The lowest BCUT2D eigenvalue weighted by Crippen LogP contribution is -2.35. The van der Waals surface area contributed by atoms with Crippen LogP contribution in [-0.4, -0.2) is 11.1 Å². The maximum atomic E-state index is 11.1. The van der Waals surface area contributed by atoms with E-state index in [9.17, 15) is 4.79 Å². The first-order valence-electron chi connectivity index (χ1n) is 7.15. The zero-order chi connectivity index (χ0) is 15.0. The zero-order valence-corrected chi connectivity index (χ0v) is 12.3. The van der Waals surface area contributed by atoms with Crippen molar-refractivity contribution in [1.82, 2.24) is 0 Å². The largest absolute Gasteiger partial charge is 0.478 e. The van der Waals surface area contributed by atoms with Gasteiger partial charge in [-0.25, -0.2) is 4.79 Å². The minimum Gasteiger partial charge on any atom is -0.478 e. The Balaban J connectivity index is 2.00. The Morgan fingerprint density at radius 1 is 1.19 bits per heavy atom. The van der Waals surface area contributed by atoms with E-state index in [1.54, 1.807) is 12.1 Å². The van der Waals surface area contributed by atoms with Crippen LogP contribution in [0.2, 0.25) is 0 Å². The third-order valence-electron chi connectivity index (χ3n) is 4.21. The molecule has 1 heterocycles. The second kappa shape index (κ2) is 4.92. The van der Waals surface area contributed by atoms with Gasteiger partial charge in [0.2, 0.25) is 0 Å². The van der Waals surface area contributed by atoms with Crippen LogP contribution in [0.4, 0.5) is 5.69 Å². The molecule has 0 fully saturated rings. The van der Waals surface area contributed by atoms with Crippen molar-refractivity contribution in [3.05, 3.63) is 65.2 Å². The Bertz CT molecular complexity index is 677. The molecule has 3 rings (SSSR count). The van der Waals surface area contributed by atoms with Gasteiger partial charge in [-0.2, -0.15) is 0 Å². The summed E-state index contributed by atoms with van der Waals surface area (Å²) in [6.45, 7) is 4.43. The topological polar surface area (TPSA) is 49.3 Å². The lowest BCUT2D eigenvalue weighted by Gasteiger charge is -2.41. The molecule has 0 radical (unpaired) electrons. The second-order valence-corrected chi connectivity index (χ2v) is 6.33. The minimum atomic E-state index is -0.874. The van der Waals surface area contributed by atoms with Gasteiger partial charge in [0.05, 0.1) is 11.6 Å². The molecule has 1 aliphatic heterocycles. The molecule has 2 aromatic rings. The number of rotatable bonds is 2. The smallest absolute Gasteiger partial charge is 0.335 e. The maximum Gasteiger partial charge on any atom is 0.335 e. The normalized spacial score (nSPS) is 19.4. The number of carbonyl (C=O) groups is 1. The molecular formula is C18H19NO2. The van der Waals surface area contributed by atoms with Crippen LogP contribution in [0, 0.1) is 5.41 Å². The van der Waals surface area contributed by atoms with Gasteiger partial charge >= 0.3 is 5.97 Å². The third-order valence-corrected chi connectivity index (χ3v) is 4.21. The molecule has 0 spiro atoms.